The number of hydrogen-bond donors (Lipinski definition) is 3. The Labute approximate surface area is 253 Å². The lowest BCUT2D eigenvalue weighted by molar-refractivity contribution is 0.0962. The van der Waals surface area contributed by atoms with E-state index in [1.807, 2.05) is 6.07 Å². The number of methoxy groups -OCH3 is 1. The van der Waals surface area contributed by atoms with E-state index in [0.29, 0.717) is 54.5 Å². The average molecular weight is 609 g/mol. The Morgan fingerprint density at radius 2 is 1.86 bits per heavy atom. The fourth-order valence-corrected chi connectivity index (χ4v) is 8.49. The minimum atomic E-state index is -2.84. The molecule has 2 heterocycles. The molecule has 0 radical (unpaired) electrons. The van der Waals surface area contributed by atoms with Gasteiger partial charge in [-0.2, -0.15) is 0 Å². The summed E-state index contributed by atoms with van der Waals surface area (Å²) in [6, 6.07) is 12.7. The molecule has 0 unspecified atom stereocenters. The first kappa shape index (κ1) is 30.2. The zero-order chi connectivity index (χ0) is 29.7. The maximum absolute atomic E-state index is 11.9. The van der Waals surface area contributed by atoms with Gasteiger partial charge >= 0.3 is 0 Å². The van der Waals surface area contributed by atoms with Gasteiger partial charge in [-0.1, -0.05) is 30.9 Å². The van der Waals surface area contributed by atoms with Crippen molar-refractivity contribution in [2.45, 2.75) is 51.1 Å². The van der Waals surface area contributed by atoms with E-state index in [0.717, 1.165) is 42.7 Å². The highest BCUT2D eigenvalue weighted by molar-refractivity contribution is 7.91. The van der Waals surface area contributed by atoms with Crippen LogP contribution in [-0.2, 0) is 16.3 Å². The summed E-state index contributed by atoms with van der Waals surface area (Å²) in [5.74, 6) is 7.72. The molecule has 3 N–H and O–H groups in total. The van der Waals surface area contributed by atoms with Crippen LogP contribution < -0.4 is 20.7 Å². The van der Waals surface area contributed by atoms with Crippen LogP contribution in [0.3, 0.4) is 0 Å². The predicted octanol–water partition coefficient (Wildman–Crippen LogP) is 4.75. The molecule has 2 fully saturated rings. The van der Waals surface area contributed by atoms with Crippen LogP contribution in [0.5, 0.6) is 5.75 Å². The molecular formula is C32H40N4O4S2. The Kier molecular flexibility index (Phi) is 9.61. The summed E-state index contributed by atoms with van der Waals surface area (Å²) < 4.78 is 30.4. The van der Waals surface area contributed by atoms with Crippen molar-refractivity contribution in [3.8, 4) is 17.6 Å². The molecule has 224 valence electrons. The Morgan fingerprint density at radius 1 is 1.10 bits per heavy atom. The van der Waals surface area contributed by atoms with E-state index in [-0.39, 0.29) is 5.91 Å². The third-order valence-electron chi connectivity index (χ3n) is 8.38. The molecule has 2 aromatic carbocycles. The van der Waals surface area contributed by atoms with Crippen molar-refractivity contribution >= 4 is 48.5 Å². The van der Waals surface area contributed by atoms with Crippen LogP contribution in [0.25, 0.3) is 10.1 Å². The molecule has 1 aliphatic carbocycles. The standard InChI is InChI=1S/C32H40N4O4S2/c1-4-25-26-7-5-8-28(35-23-11-13-24(14-12-23)36-17-19-42(38,39)20-18-36)31(26)41-30(25)9-6-16-34-27-15-10-22(32(37)33-2)21-29(27)40-3/h5,7-8,10,15,21,23-24,34-35H,4,11-14,16-20H2,1-3H3,(H,33,37). The van der Waals surface area contributed by atoms with Gasteiger partial charge in [0.1, 0.15) is 5.75 Å². The summed E-state index contributed by atoms with van der Waals surface area (Å²) >= 11 is 1.75. The van der Waals surface area contributed by atoms with Gasteiger partial charge in [0.25, 0.3) is 5.91 Å². The zero-order valence-electron chi connectivity index (χ0n) is 24.6. The van der Waals surface area contributed by atoms with Crippen LogP contribution in [0.2, 0.25) is 0 Å². The van der Waals surface area contributed by atoms with Crippen LogP contribution in [-0.4, -0.2) is 76.6 Å². The van der Waals surface area contributed by atoms with Crippen LogP contribution in [0.1, 0.15) is 53.4 Å². The maximum Gasteiger partial charge on any atom is 0.251 e. The Bertz CT molecular complexity index is 1580. The number of carbonyl (C=O) groups excluding carboxylic acids is 1. The molecule has 8 nitrogen and oxygen atoms in total. The van der Waals surface area contributed by atoms with E-state index < -0.39 is 9.84 Å². The van der Waals surface area contributed by atoms with Gasteiger partial charge in [-0.3, -0.25) is 9.69 Å². The summed E-state index contributed by atoms with van der Waals surface area (Å²) in [7, 11) is 0.352. The average Bonchev–Trinajstić information content (AvgIpc) is 3.37. The van der Waals surface area contributed by atoms with Crippen LogP contribution >= 0.6 is 11.3 Å². The largest absolute Gasteiger partial charge is 0.495 e. The zero-order valence-corrected chi connectivity index (χ0v) is 26.2. The number of carbonyl (C=O) groups is 1. The first-order valence-electron chi connectivity index (χ1n) is 14.7. The SMILES string of the molecule is CCc1c(C#CCNc2ccc(C(=O)NC)cc2OC)sc2c(NC3CCC(N4CCS(=O)(=O)CC4)CC3)cccc12. The number of rotatable bonds is 8. The maximum atomic E-state index is 11.9. The molecule has 5 rings (SSSR count). The van der Waals surface area contributed by atoms with Crippen molar-refractivity contribution in [3.05, 3.63) is 52.4 Å². The smallest absolute Gasteiger partial charge is 0.251 e. The highest BCUT2D eigenvalue weighted by Crippen LogP contribution is 2.38. The highest BCUT2D eigenvalue weighted by atomic mass is 32.2. The summed E-state index contributed by atoms with van der Waals surface area (Å²) in [6.07, 6.45) is 5.28. The summed E-state index contributed by atoms with van der Waals surface area (Å²) in [4.78, 5) is 15.4. The van der Waals surface area contributed by atoms with E-state index in [9.17, 15) is 13.2 Å². The summed E-state index contributed by atoms with van der Waals surface area (Å²) in [6.45, 7) is 3.98. The van der Waals surface area contributed by atoms with Crippen LogP contribution in [0, 0.1) is 11.8 Å². The number of thiophene rings is 1. The second kappa shape index (κ2) is 13.4. The number of benzene rings is 2. The van der Waals surface area contributed by atoms with E-state index in [4.69, 9.17) is 4.74 Å². The second-order valence-corrected chi connectivity index (χ2v) is 14.3. The third-order valence-corrected chi connectivity index (χ3v) is 11.2. The number of ether oxygens (including phenoxy) is 1. The molecule has 0 bridgehead atoms. The normalized spacial score (nSPS) is 20.4. The van der Waals surface area contributed by atoms with Gasteiger partial charge in [-0.05, 0) is 67.3 Å². The van der Waals surface area contributed by atoms with Gasteiger partial charge in [0.05, 0.1) is 46.1 Å². The lowest BCUT2D eigenvalue weighted by atomic mass is 9.90. The molecule has 2 aliphatic rings. The van der Waals surface area contributed by atoms with Crippen molar-refractivity contribution in [3.63, 3.8) is 0 Å². The van der Waals surface area contributed by atoms with E-state index in [1.165, 1.54) is 21.3 Å². The first-order chi connectivity index (χ1) is 20.3. The monoisotopic (exact) mass is 608 g/mol. The fourth-order valence-electron chi connectivity index (χ4n) is 6.02. The molecule has 1 aromatic heterocycles. The van der Waals surface area contributed by atoms with E-state index in [1.54, 1.807) is 37.6 Å². The number of sulfone groups is 1. The number of anilines is 2. The van der Waals surface area contributed by atoms with Crippen molar-refractivity contribution < 1.29 is 17.9 Å². The minimum absolute atomic E-state index is 0.157. The molecule has 42 heavy (non-hydrogen) atoms. The fraction of sp³-hybridized carbons (Fsp3) is 0.469. The third kappa shape index (κ3) is 6.86. The molecule has 1 saturated carbocycles. The second-order valence-electron chi connectivity index (χ2n) is 10.9. The van der Waals surface area contributed by atoms with Crippen molar-refractivity contribution in [2.75, 3.05) is 55.9 Å². The molecule has 0 spiro atoms. The van der Waals surface area contributed by atoms with Crippen LogP contribution in [0.15, 0.2) is 36.4 Å². The predicted molar refractivity (Wildman–Crippen MR) is 173 cm³/mol. The van der Waals surface area contributed by atoms with Gasteiger partial charge in [0.15, 0.2) is 9.84 Å². The van der Waals surface area contributed by atoms with Crippen molar-refractivity contribution in [1.82, 2.24) is 10.2 Å². The van der Waals surface area contributed by atoms with Crippen molar-refractivity contribution in [2.24, 2.45) is 0 Å². The lowest BCUT2D eigenvalue weighted by Crippen LogP contribution is -2.48. The Morgan fingerprint density at radius 3 is 2.55 bits per heavy atom. The molecule has 10 heteroatoms. The van der Waals surface area contributed by atoms with Gasteiger partial charge in [0.2, 0.25) is 0 Å². The van der Waals surface area contributed by atoms with Crippen LogP contribution in [0.4, 0.5) is 11.4 Å². The Hall–Kier alpha value is -3.26. The van der Waals surface area contributed by atoms with Gasteiger partial charge in [-0.15, -0.1) is 11.3 Å². The van der Waals surface area contributed by atoms with Gasteiger partial charge < -0.3 is 20.7 Å². The minimum Gasteiger partial charge on any atom is -0.495 e. The number of amides is 1. The Balaban J connectivity index is 1.24. The highest BCUT2D eigenvalue weighted by Gasteiger charge is 2.30. The quantitative estimate of drug-likeness (QED) is 0.318. The van der Waals surface area contributed by atoms with E-state index >= 15 is 0 Å². The topological polar surface area (TPSA) is 99.8 Å². The molecule has 1 amide bonds. The van der Waals surface area contributed by atoms with Crippen molar-refractivity contribution in [1.29, 1.82) is 0 Å². The summed E-state index contributed by atoms with van der Waals surface area (Å²) in [5.41, 5.74) is 3.79. The number of aryl methyl sites for hydroxylation is 1. The molecule has 1 saturated heterocycles. The summed E-state index contributed by atoms with van der Waals surface area (Å²) in [5, 5.41) is 11.0. The number of nitrogens with zero attached hydrogens (tertiary/aromatic N) is 1. The molecular weight excluding hydrogens is 569 g/mol. The van der Waals surface area contributed by atoms with Gasteiger partial charge in [-0.25, -0.2) is 8.42 Å². The van der Waals surface area contributed by atoms with Gasteiger partial charge in [0, 0.05) is 37.8 Å². The molecule has 3 aromatic rings. The number of hydrogen-bond acceptors (Lipinski definition) is 8. The first-order valence-corrected chi connectivity index (χ1v) is 17.3. The molecule has 0 atom stereocenters. The number of fused-ring (bicyclic) bond motifs is 1. The molecule has 1 aliphatic heterocycles. The van der Waals surface area contributed by atoms with E-state index in [2.05, 4.69) is 57.8 Å². The lowest BCUT2D eigenvalue weighted by Gasteiger charge is -2.39. The number of nitrogens with one attached hydrogen (secondary N) is 3.